The Balaban J connectivity index is 1.56. The second-order valence-electron chi connectivity index (χ2n) is 10.8. The van der Waals surface area contributed by atoms with Crippen LogP contribution in [0.15, 0.2) is 66.7 Å². The Morgan fingerprint density at radius 2 is 1.11 bits per heavy atom. The molecule has 230 valence electrons. The van der Waals surface area contributed by atoms with E-state index in [0.29, 0.717) is 45.7 Å². The SMILES string of the molecule is CC(=O)N(O)C(=N)c1ccc(Oc2cc(NC(=O)[C@H]3CC[C@H](C)CC3)cc(Oc3ccc(C(=N)N(O)C(C)=O)cc3)c2)cc1. The summed E-state index contributed by atoms with van der Waals surface area (Å²) in [6.45, 7) is 4.47. The lowest BCUT2D eigenvalue weighted by atomic mass is 9.82. The van der Waals surface area contributed by atoms with Crippen LogP contribution in [0.1, 0.15) is 57.6 Å². The second kappa shape index (κ2) is 13.9. The largest absolute Gasteiger partial charge is 0.457 e. The molecule has 0 aromatic heterocycles. The summed E-state index contributed by atoms with van der Waals surface area (Å²) in [5, 5.41) is 38.9. The van der Waals surface area contributed by atoms with Crippen LogP contribution in [0.3, 0.4) is 0 Å². The number of carbonyl (C=O) groups is 3. The number of anilines is 1. The van der Waals surface area contributed by atoms with E-state index in [1.165, 1.54) is 24.3 Å². The van der Waals surface area contributed by atoms with Crippen LogP contribution >= 0.6 is 0 Å². The Kier molecular flexibility index (Phi) is 10.1. The van der Waals surface area contributed by atoms with Gasteiger partial charge in [0, 0.05) is 54.8 Å². The van der Waals surface area contributed by atoms with E-state index in [9.17, 15) is 24.8 Å². The van der Waals surface area contributed by atoms with Crippen molar-refractivity contribution in [1.29, 1.82) is 10.8 Å². The van der Waals surface area contributed by atoms with Crippen LogP contribution in [0.5, 0.6) is 23.0 Å². The van der Waals surface area contributed by atoms with Gasteiger partial charge in [0.05, 0.1) is 0 Å². The van der Waals surface area contributed by atoms with E-state index in [2.05, 4.69) is 12.2 Å². The van der Waals surface area contributed by atoms with Crippen molar-refractivity contribution in [1.82, 2.24) is 10.1 Å². The second-order valence-corrected chi connectivity index (χ2v) is 10.8. The van der Waals surface area contributed by atoms with Crippen molar-refractivity contribution in [3.05, 3.63) is 77.9 Å². The molecule has 3 amide bonds. The van der Waals surface area contributed by atoms with Crippen molar-refractivity contribution < 1.29 is 34.3 Å². The highest BCUT2D eigenvalue weighted by atomic mass is 16.5. The third kappa shape index (κ3) is 8.06. The van der Waals surface area contributed by atoms with E-state index in [0.717, 1.165) is 39.5 Å². The van der Waals surface area contributed by atoms with Gasteiger partial charge >= 0.3 is 0 Å². The van der Waals surface area contributed by atoms with Crippen LogP contribution in [-0.2, 0) is 14.4 Å². The van der Waals surface area contributed by atoms with E-state index in [-0.39, 0.29) is 33.6 Å². The summed E-state index contributed by atoms with van der Waals surface area (Å²) < 4.78 is 12.1. The predicted octanol–water partition coefficient (Wildman–Crippen LogP) is 6.16. The highest BCUT2D eigenvalue weighted by Crippen LogP contribution is 2.34. The van der Waals surface area contributed by atoms with Crippen molar-refractivity contribution in [2.45, 2.75) is 46.5 Å². The molecule has 44 heavy (non-hydrogen) atoms. The lowest BCUT2D eigenvalue weighted by molar-refractivity contribution is -0.147. The van der Waals surface area contributed by atoms with Gasteiger partial charge in [0.2, 0.25) is 17.7 Å². The highest BCUT2D eigenvalue weighted by Gasteiger charge is 2.25. The molecule has 0 aliphatic heterocycles. The van der Waals surface area contributed by atoms with Gasteiger partial charge in [-0.15, -0.1) is 0 Å². The number of rotatable bonds is 8. The zero-order valence-electron chi connectivity index (χ0n) is 24.7. The zero-order chi connectivity index (χ0) is 32.0. The van der Waals surface area contributed by atoms with Crippen LogP contribution < -0.4 is 14.8 Å². The maximum atomic E-state index is 13.1. The molecule has 0 bridgehead atoms. The Hall–Kier alpha value is -5.07. The fraction of sp³-hybridized carbons (Fsp3) is 0.281. The first-order valence-corrected chi connectivity index (χ1v) is 14.1. The Bertz CT molecular complexity index is 1450. The van der Waals surface area contributed by atoms with Crippen molar-refractivity contribution in [3.63, 3.8) is 0 Å². The number of amides is 3. The third-order valence-corrected chi connectivity index (χ3v) is 7.28. The van der Waals surface area contributed by atoms with Gasteiger partial charge in [0.1, 0.15) is 23.0 Å². The van der Waals surface area contributed by atoms with Gasteiger partial charge in [-0.2, -0.15) is 10.1 Å². The van der Waals surface area contributed by atoms with E-state index in [4.69, 9.17) is 20.3 Å². The van der Waals surface area contributed by atoms with E-state index >= 15 is 0 Å². The molecule has 1 aliphatic carbocycles. The molecule has 3 aromatic rings. The summed E-state index contributed by atoms with van der Waals surface area (Å²) in [4.78, 5) is 35.9. The number of hydrogen-bond acceptors (Lipinski definition) is 9. The van der Waals surface area contributed by atoms with Gasteiger partial charge in [-0.25, -0.2) is 0 Å². The van der Waals surface area contributed by atoms with Crippen LogP contribution in [0.4, 0.5) is 5.69 Å². The van der Waals surface area contributed by atoms with Gasteiger partial charge in [0.25, 0.3) is 0 Å². The normalized spacial score (nSPS) is 15.9. The number of hydrogen-bond donors (Lipinski definition) is 5. The van der Waals surface area contributed by atoms with Crippen molar-refractivity contribution in [3.8, 4) is 23.0 Å². The quantitative estimate of drug-likeness (QED) is 0.0888. The molecule has 5 N–H and O–H groups in total. The molecule has 4 rings (SSSR count). The summed E-state index contributed by atoms with van der Waals surface area (Å²) >= 11 is 0. The molecular weight excluding hydrogens is 566 g/mol. The molecule has 0 heterocycles. The summed E-state index contributed by atoms with van der Waals surface area (Å²) in [5.74, 6) is -0.219. The molecule has 1 aliphatic rings. The lowest BCUT2D eigenvalue weighted by Crippen LogP contribution is -2.31. The molecule has 0 spiro atoms. The molecule has 3 aromatic carbocycles. The summed E-state index contributed by atoms with van der Waals surface area (Å²) in [7, 11) is 0. The van der Waals surface area contributed by atoms with Gasteiger partial charge in [-0.1, -0.05) is 6.92 Å². The number of ether oxygens (including phenoxy) is 2. The number of amidine groups is 2. The van der Waals surface area contributed by atoms with Crippen molar-refractivity contribution in [2.75, 3.05) is 5.32 Å². The number of benzene rings is 3. The first-order valence-electron chi connectivity index (χ1n) is 14.1. The van der Waals surface area contributed by atoms with E-state index in [1.807, 2.05) is 0 Å². The monoisotopic (exact) mass is 601 g/mol. The van der Waals surface area contributed by atoms with E-state index < -0.39 is 11.8 Å². The van der Waals surface area contributed by atoms with Crippen molar-refractivity contribution >= 4 is 35.1 Å². The smallest absolute Gasteiger partial charge is 0.249 e. The van der Waals surface area contributed by atoms with Gasteiger partial charge in [0.15, 0.2) is 11.7 Å². The Labute approximate surface area is 254 Å². The third-order valence-electron chi connectivity index (χ3n) is 7.28. The Morgan fingerprint density at radius 3 is 1.50 bits per heavy atom. The molecule has 12 nitrogen and oxygen atoms in total. The summed E-state index contributed by atoms with van der Waals surface area (Å²) in [5.41, 5.74) is 1.06. The zero-order valence-corrected chi connectivity index (χ0v) is 24.7. The topological polar surface area (TPSA) is 176 Å². The van der Waals surface area contributed by atoms with Crippen molar-refractivity contribution in [2.24, 2.45) is 11.8 Å². The van der Waals surface area contributed by atoms with Crippen LogP contribution in [0, 0.1) is 22.7 Å². The molecule has 0 saturated heterocycles. The average Bonchev–Trinajstić information content (AvgIpc) is 3.00. The molecule has 0 radical (unpaired) electrons. The number of nitrogens with zero attached hydrogens (tertiary/aromatic N) is 2. The molecule has 1 fully saturated rings. The predicted molar refractivity (Wildman–Crippen MR) is 161 cm³/mol. The minimum atomic E-state index is -0.691. The number of carbonyl (C=O) groups excluding carboxylic acids is 3. The minimum Gasteiger partial charge on any atom is -0.457 e. The molecular formula is C32H35N5O7. The van der Waals surface area contributed by atoms with Crippen LogP contribution in [-0.4, -0.2) is 49.9 Å². The summed E-state index contributed by atoms with van der Waals surface area (Å²) in [6, 6.07) is 17.4. The first-order chi connectivity index (χ1) is 20.9. The number of nitrogens with one attached hydrogen (secondary N) is 3. The standard InChI is InChI=1S/C32H35N5O7/c1-19-4-6-24(7-5-19)32(40)35-25-16-28(43-26-12-8-22(9-13-26)30(33)36(41)20(2)38)18-29(17-25)44-27-14-10-23(11-15-27)31(34)37(42)21(3)39/h8-19,24,33-34,41-42H,4-7H2,1-3H3,(H,35,40)/t19-,24-. The fourth-order valence-electron chi connectivity index (χ4n) is 4.72. The van der Waals surface area contributed by atoms with Crippen LogP contribution in [0.25, 0.3) is 0 Å². The molecule has 1 saturated carbocycles. The first kappa shape index (κ1) is 31.9. The average molecular weight is 602 g/mol. The van der Waals surface area contributed by atoms with E-state index in [1.54, 1.807) is 42.5 Å². The van der Waals surface area contributed by atoms with Gasteiger partial charge in [-0.3, -0.25) is 35.6 Å². The molecule has 12 heteroatoms. The maximum absolute atomic E-state index is 13.1. The van der Waals surface area contributed by atoms with Gasteiger partial charge in [-0.05, 0) is 80.1 Å². The maximum Gasteiger partial charge on any atom is 0.249 e. The lowest BCUT2D eigenvalue weighted by Gasteiger charge is -2.25. The molecule has 0 unspecified atom stereocenters. The highest BCUT2D eigenvalue weighted by molar-refractivity contribution is 6.05. The minimum absolute atomic E-state index is 0.0798. The number of hydroxylamine groups is 4. The van der Waals surface area contributed by atoms with Gasteiger partial charge < -0.3 is 14.8 Å². The fourth-order valence-corrected chi connectivity index (χ4v) is 4.72. The van der Waals surface area contributed by atoms with Crippen LogP contribution in [0.2, 0.25) is 0 Å². The summed E-state index contributed by atoms with van der Waals surface area (Å²) in [6.07, 6.45) is 3.63. The Morgan fingerprint density at radius 1 is 0.705 bits per heavy atom. The molecule has 0 atom stereocenters.